The lowest BCUT2D eigenvalue weighted by molar-refractivity contribution is -0.149. The minimum Gasteiger partial charge on any atom is -0.505 e. The predicted molar refractivity (Wildman–Crippen MR) is 48.8 cm³/mol. The summed E-state index contributed by atoms with van der Waals surface area (Å²) < 4.78 is 9.66. The number of aliphatic hydroxyl groups is 3. The van der Waals surface area contributed by atoms with Gasteiger partial charge in [-0.2, -0.15) is 0 Å². The predicted octanol–water partition coefficient (Wildman–Crippen LogP) is -0.540. The Bertz CT molecular complexity index is 282. The highest BCUT2D eigenvalue weighted by atomic mass is 16.6. The smallest absolute Gasteiger partial charge is 0.378 e. The molecule has 1 rings (SSSR count). The van der Waals surface area contributed by atoms with Crippen molar-refractivity contribution in [1.82, 2.24) is 0 Å². The Kier molecular flexibility index (Phi) is 3.54. The number of cyclic esters (lactones) is 1. The van der Waals surface area contributed by atoms with E-state index in [4.69, 9.17) is 9.84 Å². The highest BCUT2D eigenvalue weighted by molar-refractivity contribution is 5.89. The van der Waals surface area contributed by atoms with Crippen LogP contribution in [0.3, 0.4) is 0 Å². The Morgan fingerprint density at radius 1 is 1.53 bits per heavy atom. The van der Waals surface area contributed by atoms with Crippen molar-refractivity contribution in [2.75, 3.05) is 6.61 Å². The van der Waals surface area contributed by atoms with Gasteiger partial charge in [-0.15, -0.1) is 0 Å². The summed E-state index contributed by atoms with van der Waals surface area (Å²) in [6.07, 6.45) is -2.88. The van der Waals surface area contributed by atoms with Crippen molar-refractivity contribution >= 4 is 5.97 Å². The molecule has 0 aromatic carbocycles. The Balaban J connectivity index is 2.83. The van der Waals surface area contributed by atoms with E-state index >= 15 is 0 Å². The van der Waals surface area contributed by atoms with Crippen LogP contribution in [0.15, 0.2) is 11.5 Å². The number of aliphatic hydroxyl groups excluding tert-OH is 3. The van der Waals surface area contributed by atoms with Crippen molar-refractivity contribution in [2.45, 2.75) is 32.2 Å². The van der Waals surface area contributed by atoms with Crippen molar-refractivity contribution < 1.29 is 29.6 Å². The van der Waals surface area contributed by atoms with Gasteiger partial charge in [0.15, 0.2) is 11.9 Å². The molecule has 15 heavy (non-hydrogen) atoms. The summed E-state index contributed by atoms with van der Waals surface area (Å²) in [5.41, 5.74) is 0. The van der Waals surface area contributed by atoms with Crippen LogP contribution in [0, 0.1) is 0 Å². The van der Waals surface area contributed by atoms with E-state index in [-0.39, 0.29) is 11.9 Å². The molecule has 0 unspecified atom stereocenters. The molecule has 3 N–H and O–H groups in total. The van der Waals surface area contributed by atoms with Gasteiger partial charge in [-0.3, -0.25) is 0 Å². The van der Waals surface area contributed by atoms with Crippen molar-refractivity contribution in [2.24, 2.45) is 0 Å². The lowest BCUT2D eigenvalue weighted by Crippen LogP contribution is -2.31. The van der Waals surface area contributed by atoms with Gasteiger partial charge in [0.2, 0.25) is 5.76 Å². The van der Waals surface area contributed by atoms with Crippen LogP contribution in [-0.2, 0) is 14.3 Å². The van der Waals surface area contributed by atoms with Crippen molar-refractivity contribution in [1.29, 1.82) is 0 Å². The molecule has 86 valence electrons. The van der Waals surface area contributed by atoms with Gasteiger partial charge in [0.25, 0.3) is 0 Å². The average molecular weight is 218 g/mol. The van der Waals surface area contributed by atoms with Gasteiger partial charge >= 0.3 is 5.97 Å². The molecule has 6 nitrogen and oxygen atoms in total. The fourth-order valence-corrected chi connectivity index (χ4v) is 1.16. The molecule has 0 fully saturated rings. The molecule has 0 saturated carbocycles. The summed E-state index contributed by atoms with van der Waals surface area (Å²) in [6, 6.07) is 0. The number of carbonyl (C=O) groups excluding carboxylic acids is 1. The van der Waals surface area contributed by atoms with Crippen molar-refractivity contribution in [3.63, 3.8) is 0 Å². The third kappa shape index (κ3) is 2.40. The second-order valence-corrected chi connectivity index (χ2v) is 3.46. The Morgan fingerprint density at radius 3 is 2.60 bits per heavy atom. The maximum atomic E-state index is 11.2. The van der Waals surface area contributed by atoms with E-state index < -0.39 is 30.5 Å². The molecule has 0 saturated heterocycles. The van der Waals surface area contributed by atoms with Gasteiger partial charge in [-0.1, -0.05) is 0 Å². The minimum atomic E-state index is -1.35. The van der Waals surface area contributed by atoms with Gasteiger partial charge < -0.3 is 24.8 Å². The largest absolute Gasteiger partial charge is 0.505 e. The lowest BCUT2D eigenvalue weighted by atomic mass is 10.2. The van der Waals surface area contributed by atoms with E-state index in [1.54, 1.807) is 13.8 Å². The second kappa shape index (κ2) is 4.50. The van der Waals surface area contributed by atoms with Crippen LogP contribution < -0.4 is 0 Å². The summed E-state index contributed by atoms with van der Waals surface area (Å²) in [7, 11) is 0. The van der Waals surface area contributed by atoms with E-state index in [0.717, 1.165) is 0 Å². The molecule has 0 aliphatic carbocycles. The number of ether oxygens (including phenoxy) is 2. The zero-order valence-electron chi connectivity index (χ0n) is 8.51. The first-order valence-electron chi connectivity index (χ1n) is 4.57. The molecule has 6 heteroatoms. The zero-order valence-corrected chi connectivity index (χ0v) is 8.51. The quantitative estimate of drug-likeness (QED) is 0.548. The lowest BCUT2D eigenvalue weighted by Gasteiger charge is -2.14. The Labute approximate surface area is 86.7 Å². The van der Waals surface area contributed by atoms with Crippen LogP contribution >= 0.6 is 0 Å². The number of carbonyl (C=O) groups is 1. The topological polar surface area (TPSA) is 96.2 Å². The third-order valence-electron chi connectivity index (χ3n) is 1.81. The first-order chi connectivity index (χ1) is 6.97. The van der Waals surface area contributed by atoms with E-state index in [0.29, 0.717) is 0 Å². The molecular weight excluding hydrogens is 204 g/mol. The maximum absolute atomic E-state index is 11.2. The molecule has 1 heterocycles. The first kappa shape index (κ1) is 11.8. The fraction of sp³-hybridized carbons (Fsp3) is 0.667. The Hall–Kier alpha value is -1.27. The summed E-state index contributed by atoms with van der Waals surface area (Å²) in [6.45, 7) is 2.75. The molecular formula is C9H14O6. The highest BCUT2D eigenvalue weighted by Crippen LogP contribution is 2.24. The van der Waals surface area contributed by atoms with Gasteiger partial charge in [-0.05, 0) is 13.8 Å². The molecule has 1 aliphatic rings. The van der Waals surface area contributed by atoms with Crippen LogP contribution in [0.4, 0.5) is 0 Å². The van der Waals surface area contributed by atoms with Gasteiger partial charge in [0, 0.05) is 0 Å². The number of rotatable bonds is 4. The van der Waals surface area contributed by atoms with E-state index in [1.807, 2.05) is 0 Å². The monoisotopic (exact) mass is 218 g/mol. The van der Waals surface area contributed by atoms with Gasteiger partial charge in [0.05, 0.1) is 12.7 Å². The van der Waals surface area contributed by atoms with Crippen LogP contribution in [-0.4, -0.2) is 46.2 Å². The highest BCUT2D eigenvalue weighted by Gasteiger charge is 2.40. The SMILES string of the molecule is CC(C)OC1=C(O)[C@@H]([C@@H](O)CO)OC1=O. The van der Waals surface area contributed by atoms with Crippen LogP contribution in [0.2, 0.25) is 0 Å². The number of hydrogen-bond acceptors (Lipinski definition) is 6. The molecule has 0 aromatic rings. The van der Waals surface area contributed by atoms with Crippen LogP contribution in [0.1, 0.15) is 13.8 Å². The molecule has 0 radical (unpaired) electrons. The second-order valence-electron chi connectivity index (χ2n) is 3.46. The fourth-order valence-electron chi connectivity index (χ4n) is 1.16. The maximum Gasteiger partial charge on any atom is 0.378 e. The van der Waals surface area contributed by atoms with E-state index in [2.05, 4.69) is 4.74 Å². The minimum absolute atomic E-state index is 0.292. The summed E-state index contributed by atoms with van der Waals surface area (Å²) in [5, 5.41) is 27.4. The van der Waals surface area contributed by atoms with Crippen molar-refractivity contribution in [3.8, 4) is 0 Å². The van der Waals surface area contributed by atoms with E-state index in [9.17, 15) is 15.0 Å². The molecule has 0 amide bonds. The van der Waals surface area contributed by atoms with Crippen molar-refractivity contribution in [3.05, 3.63) is 11.5 Å². The molecule has 2 atom stereocenters. The normalized spacial score (nSPS) is 23.3. The van der Waals surface area contributed by atoms with Crippen LogP contribution in [0.5, 0.6) is 0 Å². The van der Waals surface area contributed by atoms with Gasteiger partial charge in [-0.25, -0.2) is 4.79 Å². The summed E-state index contributed by atoms with van der Waals surface area (Å²) >= 11 is 0. The third-order valence-corrected chi connectivity index (χ3v) is 1.81. The van der Waals surface area contributed by atoms with Crippen LogP contribution in [0.25, 0.3) is 0 Å². The Morgan fingerprint density at radius 2 is 2.13 bits per heavy atom. The summed E-state index contributed by atoms with van der Waals surface area (Å²) in [5.74, 6) is -1.61. The number of hydrogen-bond donors (Lipinski definition) is 3. The molecule has 0 bridgehead atoms. The van der Waals surface area contributed by atoms with E-state index in [1.165, 1.54) is 0 Å². The molecule has 1 aliphatic heterocycles. The number of esters is 1. The summed E-state index contributed by atoms with van der Waals surface area (Å²) in [4.78, 5) is 11.2. The first-order valence-corrected chi connectivity index (χ1v) is 4.57. The zero-order chi connectivity index (χ0) is 11.6. The molecule has 0 spiro atoms. The molecule has 0 aromatic heterocycles. The van der Waals surface area contributed by atoms with Gasteiger partial charge in [0.1, 0.15) is 6.10 Å². The average Bonchev–Trinajstić information content (AvgIpc) is 2.44. The standard InChI is InChI=1S/C9H14O6/c1-4(2)14-8-6(12)7(5(11)3-10)15-9(8)13/h4-5,7,10-12H,3H2,1-2H3/t5-,7+/m0/s1.